The van der Waals surface area contributed by atoms with Gasteiger partial charge in [0.2, 0.25) is 0 Å². The minimum atomic E-state index is 0.368. The Bertz CT molecular complexity index is 613. The maximum atomic E-state index is 6.05. The van der Waals surface area contributed by atoms with Crippen LogP contribution >= 0.6 is 23.2 Å². The Morgan fingerprint density at radius 3 is 2.05 bits per heavy atom. The van der Waals surface area contributed by atoms with Crippen molar-refractivity contribution < 1.29 is 0 Å². The van der Waals surface area contributed by atoms with E-state index in [-0.39, 0.29) is 0 Å². The SMILES string of the molecule is CNCC(C)c1c(C)nc(-c2cc(Cl)cc(Cl)c2)nc1C. The van der Waals surface area contributed by atoms with Gasteiger partial charge in [0, 0.05) is 33.5 Å². The van der Waals surface area contributed by atoms with Crippen LogP contribution in [0.25, 0.3) is 11.4 Å². The number of aryl methyl sites for hydroxylation is 2. The molecule has 1 unspecified atom stereocenters. The predicted octanol–water partition coefficient (Wildman–Crippen LogP) is 4.39. The van der Waals surface area contributed by atoms with Crippen LogP contribution in [0.3, 0.4) is 0 Å². The van der Waals surface area contributed by atoms with Crippen molar-refractivity contribution in [3.8, 4) is 11.4 Å². The second-order valence-electron chi connectivity index (χ2n) is 5.25. The Morgan fingerprint density at radius 1 is 1.05 bits per heavy atom. The fourth-order valence-electron chi connectivity index (χ4n) is 2.66. The summed E-state index contributed by atoms with van der Waals surface area (Å²) >= 11 is 12.1. The Kier molecular flexibility index (Phi) is 5.20. The van der Waals surface area contributed by atoms with Crippen molar-refractivity contribution in [2.75, 3.05) is 13.6 Å². The van der Waals surface area contributed by atoms with Gasteiger partial charge in [-0.05, 0) is 50.6 Å². The lowest BCUT2D eigenvalue weighted by Gasteiger charge is -2.17. The van der Waals surface area contributed by atoms with E-state index in [2.05, 4.69) is 22.2 Å². The van der Waals surface area contributed by atoms with Crippen LogP contribution in [0.15, 0.2) is 18.2 Å². The Morgan fingerprint density at radius 2 is 1.57 bits per heavy atom. The number of rotatable bonds is 4. The molecule has 0 fully saturated rings. The number of benzene rings is 1. The molecule has 0 bridgehead atoms. The van der Waals surface area contributed by atoms with Crippen LogP contribution in [0.4, 0.5) is 0 Å². The summed E-state index contributed by atoms with van der Waals surface area (Å²) in [5.74, 6) is 1.03. The molecular weight excluding hydrogens is 305 g/mol. The van der Waals surface area contributed by atoms with E-state index in [0.29, 0.717) is 21.8 Å². The van der Waals surface area contributed by atoms with E-state index in [1.165, 1.54) is 5.56 Å². The first-order chi connectivity index (χ1) is 9.92. The van der Waals surface area contributed by atoms with Crippen LogP contribution in [0.2, 0.25) is 10.0 Å². The normalized spacial score (nSPS) is 12.5. The van der Waals surface area contributed by atoms with E-state index in [0.717, 1.165) is 23.5 Å². The molecule has 1 heterocycles. The molecule has 0 amide bonds. The number of hydrogen-bond donors (Lipinski definition) is 1. The standard InChI is InChI=1S/C16H19Cl2N3/c1-9(8-19-4)15-10(2)20-16(21-11(15)3)12-5-13(17)7-14(18)6-12/h5-7,9,19H,8H2,1-4H3. The summed E-state index contributed by atoms with van der Waals surface area (Å²) < 4.78 is 0. The maximum Gasteiger partial charge on any atom is 0.159 e. The van der Waals surface area contributed by atoms with Gasteiger partial charge < -0.3 is 5.32 Å². The summed E-state index contributed by atoms with van der Waals surface area (Å²) in [6, 6.07) is 5.37. The molecule has 1 aromatic heterocycles. The third-order valence-corrected chi connectivity index (χ3v) is 3.89. The molecule has 0 saturated carbocycles. The summed E-state index contributed by atoms with van der Waals surface area (Å²) in [6.07, 6.45) is 0. The average Bonchev–Trinajstić information content (AvgIpc) is 2.36. The van der Waals surface area contributed by atoms with Gasteiger partial charge >= 0.3 is 0 Å². The fourth-order valence-corrected chi connectivity index (χ4v) is 3.18. The topological polar surface area (TPSA) is 37.8 Å². The second-order valence-corrected chi connectivity index (χ2v) is 6.12. The van der Waals surface area contributed by atoms with Gasteiger partial charge in [-0.3, -0.25) is 0 Å². The van der Waals surface area contributed by atoms with Crippen molar-refractivity contribution in [1.29, 1.82) is 0 Å². The van der Waals surface area contributed by atoms with Gasteiger partial charge in [0.05, 0.1) is 0 Å². The van der Waals surface area contributed by atoms with Crippen LogP contribution in [-0.2, 0) is 0 Å². The fraction of sp³-hybridized carbons (Fsp3) is 0.375. The molecule has 0 spiro atoms. The molecule has 0 radical (unpaired) electrons. The van der Waals surface area contributed by atoms with E-state index in [4.69, 9.17) is 23.2 Å². The highest BCUT2D eigenvalue weighted by Crippen LogP contribution is 2.28. The summed E-state index contributed by atoms with van der Waals surface area (Å²) in [4.78, 5) is 9.27. The lowest BCUT2D eigenvalue weighted by atomic mass is 9.98. The molecule has 0 aliphatic carbocycles. The Hall–Kier alpha value is -1.16. The molecule has 5 heteroatoms. The van der Waals surface area contributed by atoms with Crippen molar-refractivity contribution in [3.63, 3.8) is 0 Å². The summed E-state index contributed by atoms with van der Waals surface area (Å²) in [6.45, 7) is 7.11. The molecule has 1 N–H and O–H groups in total. The van der Waals surface area contributed by atoms with Crippen molar-refractivity contribution in [2.45, 2.75) is 26.7 Å². The van der Waals surface area contributed by atoms with E-state index in [1.807, 2.05) is 33.0 Å². The predicted molar refractivity (Wildman–Crippen MR) is 89.3 cm³/mol. The van der Waals surface area contributed by atoms with Crippen molar-refractivity contribution in [2.24, 2.45) is 0 Å². The van der Waals surface area contributed by atoms with Gasteiger partial charge in [-0.2, -0.15) is 0 Å². The molecule has 0 aliphatic rings. The van der Waals surface area contributed by atoms with Crippen LogP contribution in [-0.4, -0.2) is 23.6 Å². The summed E-state index contributed by atoms with van der Waals surface area (Å²) in [7, 11) is 1.95. The van der Waals surface area contributed by atoms with Crippen molar-refractivity contribution in [1.82, 2.24) is 15.3 Å². The van der Waals surface area contributed by atoms with E-state index in [9.17, 15) is 0 Å². The first kappa shape index (κ1) is 16.2. The highest BCUT2D eigenvalue weighted by molar-refractivity contribution is 6.35. The van der Waals surface area contributed by atoms with Gasteiger partial charge in [-0.25, -0.2) is 9.97 Å². The lowest BCUT2D eigenvalue weighted by Crippen LogP contribution is -2.17. The summed E-state index contributed by atoms with van der Waals surface area (Å²) in [5, 5.41) is 4.37. The highest BCUT2D eigenvalue weighted by atomic mass is 35.5. The minimum Gasteiger partial charge on any atom is -0.319 e. The van der Waals surface area contributed by atoms with E-state index in [1.54, 1.807) is 6.07 Å². The number of hydrogen-bond acceptors (Lipinski definition) is 3. The second kappa shape index (κ2) is 6.73. The van der Waals surface area contributed by atoms with Crippen LogP contribution in [0.5, 0.6) is 0 Å². The number of aromatic nitrogens is 2. The first-order valence-corrected chi connectivity index (χ1v) is 7.64. The van der Waals surface area contributed by atoms with Gasteiger partial charge in [-0.1, -0.05) is 30.1 Å². The lowest BCUT2D eigenvalue weighted by molar-refractivity contribution is 0.663. The molecule has 2 rings (SSSR count). The largest absolute Gasteiger partial charge is 0.319 e. The molecule has 21 heavy (non-hydrogen) atoms. The third kappa shape index (κ3) is 3.73. The van der Waals surface area contributed by atoms with Crippen molar-refractivity contribution in [3.05, 3.63) is 45.2 Å². The Balaban J connectivity index is 2.48. The molecule has 0 aliphatic heterocycles. The molecule has 2 aromatic rings. The number of halogens is 2. The van der Waals surface area contributed by atoms with E-state index < -0.39 is 0 Å². The molecule has 0 saturated heterocycles. The Labute approximate surface area is 135 Å². The zero-order valence-corrected chi connectivity index (χ0v) is 14.2. The zero-order chi connectivity index (χ0) is 15.6. The van der Waals surface area contributed by atoms with Gasteiger partial charge in [0.1, 0.15) is 0 Å². The quantitative estimate of drug-likeness (QED) is 0.906. The number of likely N-dealkylation sites (N-methyl/N-ethyl adjacent to an activating group) is 1. The molecular formula is C16H19Cl2N3. The van der Waals surface area contributed by atoms with Crippen LogP contribution < -0.4 is 5.32 Å². The first-order valence-electron chi connectivity index (χ1n) is 6.88. The van der Waals surface area contributed by atoms with Gasteiger partial charge in [-0.15, -0.1) is 0 Å². The van der Waals surface area contributed by atoms with E-state index >= 15 is 0 Å². The number of nitrogens with zero attached hydrogens (tertiary/aromatic N) is 2. The van der Waals surface area contributed by atoms with Crippen LogP contribution in [0, 0.1) is 13.8 Å². The minimum absolute atomic E-state index is 0.368. The smallest absolute Gasteiger partial charge is 0.159 e. The molecule has 1 atom stereocenters. The highest BCUT2D eigenvalue weighted by Gasteiger charge is 2.15. The molecule has 3 nitrogen and oxygen atoms in total. The molecule has 1 aromatic carbocycles. The maximum absolute atomic E-state index is 6.05. The van der Waals surface area contributed by atoms with Gasteiger partial charge in [0.15, 0.2) is 5.82 Å². The molecule has 112 valence electrons. The average molecular weight is 324 g/mol. The summed E-state index contributed by atoms with van der Waals surface area (Å²) in [5.41, 5.74) is 4.03. The van der Waals surface area contributed by atoms with Crippen LogP contribution in [0.1, 0.15) is 29.8 Å². The third-order valence-electron chi connectivity index (χ3n) is 3.45. The monoisotopic (exact) mass is 323 g/mol. The van der Waals surface area contributed by atoms with Crippen molar-refractivity contribution >= 4 is 23.2 Å². The number of nitrogens with one attached hydrogen (secondary N) is 1. The van der Waals surface area contributed by atoms with Gasteiger partial charge in [0.25, 0.3) is 0 Å². The zero-order valence-electron chi connectivity index (χ0n) is 12.7.